The number of nitrogens with one attached hydrogen (secondary N) is 1. The number of imidazole rings is 1. The van der Waals surface area contributed by atoms with Crippen LogP contribution in [0.15, 0.2) is 17.2 Å². The summed E-state index contributed by atoms with van der Waals surface area (Å²) >= 11 is 0. The molecule has 0 aliphatic rings. The van der Waals surface area contributed by atoms with Crippen LogP contribution in [0.3, 0.4) is 0 Å². The zero-order chi connectivity index (χ0) is 7.56. The minimum absolute atomic E-state index is 0.0191. The Balaban J connectivity index is 2.93. The molecule has 0 bridgehead atoms. The average Bonchev–Trinajstić information content (AvgIpc) is 2.34. The lowest BCUT2D eigenvalue weighted by Crippen LogP contribution is -2.19. The van der Waals surface area contributed by atoms with Gasteiger partial charge in [-0.1, -0.05) is 6.92 Å². The van der Waals surface area contributed by atoms with Crippen LogP contribution in [0.25, 0.3) is 0 Å². The van der Waals surface area contributed by atoms with E-state index in [-0.39, 0.29) is 5.69 Å². The first-order valence-electron chi connectivity index (χ1n) is 3.51. The molecular weight excluding hydrogens is 128 g/mol. The first kappa shape index (κ1) is 7.12. The smallest absolute Gasteiger partial charge is 0.313 e. The molecule has 1 N–H and O–H groups in total. The standard InChI is InChI=1S/C7H12N2O/c1-3-6(2)9-5-4-8-7(9)10/h4-6H,3H2,1-2H3,(H,8,10). The Kier molecular flexibility index (Phi) is 1.94. The molecule has 0 saturated heterocycles. The summed E-state index contributed by atoms with van der Waals surface area (Å²) in [6, 6.07) is 0.304. The number of nitrogens with zero attached hydrogens (tertiary/aromatic N) is 1. The summed E-state index contributed by atoms with van der Waals surface area (Å²) in [5.41, 5.74) is -0.0191. The van der Waals surface area contributed by atoms with Crippen molar-refractivity contribution in [2.45, 2.75) is 26.3 Å². The zero-order valence-corrected chi connectivity index (χ0v) is 6.29. The maximum absolute atomic E-state index is 10.9. The molecule has 1 atom stereocenters. The van der Waals surface area contributed by atoms with Gasteiger partial charge in [-0.05, 0) is 13.3 Å². The SMILES string of the molecule is CCC(C)n1cc[nH]c1=O. The Morgan fingerprint density at radius 1 is 1.80 bits per heavy atom. The highest BCUT2D eigenvalue weighted by Crippen LogP contribution is 2.04. The van der Waals surface area contributed by atoms with Gasteiger partial charge in [-0.25, -0.2) is 4.79 Å². The van der Waals surface area contributed by atoms with Gasteiger partial charge in [0.2, 0.25) is 0 Å². The van der Waals surface area contributed by atoms with Crippen molar-refractivity contribution in [2.75, 3.05) is 0 Å². The quantitative estimate of drug-likeness (QED) is 0.657. The van der Waals surface area contributed by atoms with Gasteiger partial charge in [-0.3, -0.25) is 4.57 Å². The summed E-state index contributed by atoms with van der Waals surface area (Å²) < 4.78 is 1.69. The van der Waals surface area contributed by atoms with Crippen LogP contribution in [-0.2, 0) is 0 Å². The molecule has 56 valence electrons. The van der Waals surface area contributed by atoms with Crippen LogP contribution < -0.4 is 5.69 Å². The fourth-order valence-corrected chi connectivity index (χ4v) is 0.875. The largest absolute Gasteiger partial charge is 0.325 e. The number of aromatic nitrogens is 2. The van der Waals surface area contributed by atoms with E-state index >= 15 is 0 Å². The molecular formula is C7H12N2O. The summed E-state index contributed by atoms with van der Waals surface area (Å²) in [5.74, 6) is 0. The van der Waals surface area contributed by atoms with Crippen molar-refractivity contribution in [1.29, 1.82) is 0 Å². The van der Waals surface area contributed by atoms with Gasteiger partial charge in [0.05, 0.1) is 0 Å². The van der Waals surface area contributed by atoms with Crippen molar-refractivity contribution in [2.24, 2.45) is 0 Å². The van der Waals surface area contributed by atoms with Gasteiger partial charge in [-0.2, -0.15) is 0 Å². The van der Waals surface area contributed by atoms with E-state index < -0.39 is 0 Å². The van der Waals surface area contributed by atoms with Gasteiger partial charge in [0, 0.05) is 18.4 Å². The summed E-state index contributed by atoms with van der Waals surface area (Å²) in [6.07, 6.45) is 4.42. The lowest BCUT2D eigenvalue weighted by molar-refractivity contribution is 0.516. The van der Waals surface area contributed by atoms with Crippen LogP contribution in [0.2, 0.25) is 0 Å². The topological polar surface area (TPSA) is 37.8 Å². The molecule has 3 nitrogen and oxygen atoms in total. The first-order valence-corrected chi connectivity index (χ1v) is 3.51. The second kappa shape index (κ2) is 2.73. The molecule has 0 aromatic carbocycles. The van der Waals surface area contributed by atoms with Crippen LogP contribution >= 0.6 is 0 Å². The Bertz CT molecular complexity index is 248. The van der Waals surface area contributed by atoms with E-state index in [9.17, 15) is 4.79 Å². The molecule has 1 unspecified atom stereocenters. The minimum Gasteiger partial charge on any atom is -0.313 e. The second-order valence-electron chi connectivity index (χ2n) is 2.43. The van der Waals surface area contributed by atoms with Gasteiger partial charge in [0.15, 0.2) is 0 Å². The Morgan fingerprint density at radius 2 is 2.50 bits per heavy atom. The number of H-pyrrole nitrogens is 1. The van der Waals surface area contributed by atoms with Crippen LogP contribution in [0.4, 0.5) is 0 Å². The van der Waals surface area contributed by atoms with Crippen molar-refractivity contribution in [3.8, 4) is 0 Å². The summed E-state index contributed by atoms with van der Waals surface area (Å²) in [6.45, 7) is 4.08. The molecule has 0 amide bonds. The fourth-order valence-electron chi connectivity index (χ4n) is 0.875. The van der Waals surface area contributed by atoms with E-state index in [0.29, 0.717) is 6.04 Å². The highest BCUT2D eigenvalue weighted by atomic mass is 16.1. The Morgan fingerprint density at radius 3 is 2.90 bits per heavy atom. The lowest BCUT2D eigenvalue weighted by Gasteiger charge is -2.06. The van der Waals surface area contributed by atoms with E-state index in [1.54, 1.807) is 17.0 Å². The van der Waals surface area contributed by atoms with E-state index in [0.717, 1.165) is 6.42 Å². The van der Waals surface area contributed by atoms with Crippen molar-refractivity contribution in [1.82, 2.24) is 9.55 Å². The first-order chi connectivity index (χ1) is 4.75. The highest BCUT2D eigenvalue weighted by molar-refractivity contribution is 4.79. The third-order valence-corrected chi connectivity index (χ3v) is 1.74. The summed E-state index contributed by atoms with van der Waals surface area (Å²) in [7, 11) is 0. The molecule has 0 fully saturated rings. The van der Waals surface area contributed by atoms with Gasteiger partial charge in [0.25, 0.3) is 0 Å². The Hall–Kier alpha value is -0.990. The molecule has 1 aromatic rings. The number of hydrogen-bond acceptors (Lipinski definition) is 1. The number of aromatic amines is 1. The maximum atomic E-state index is 10.9. The predicted octanol–water partition coefficient (Wildman–Crippen LogP) is 1.15. The number of rotatable bonds is 2. The van der Waals surface area contributed by atoms with Crippen LogP contribution in [0.1, 0.15) is 26.3 Å². The molecule has 3 heteroatoms. The number of hydrogen-bond donors (Lipinski definition) is 1. The van der Waals surface area contributed by atoms with Crippen LogP contribution in [0.5, 0.6) is 0 Å². The van der Waals surface area contributed by atoms with E-state index in [1.807, 2.05) is 6.92 Å². The van der Waals surface area contributed by atoms with Crippen molar-refractivity contribution in [3.05, 3.63) is 22.9 Å². The third kappa shape index (κ3) is 1.12. The Labute approximate surface area is 59.7 Å². The molecule has 0 saturated carbocycles. The molecule has 0 spiro atoms. The van der Waals surface area contributed by atoms with Gasteiger partial charge < -0.3 is 4.98 Å². The molecule has 0 aliphatic heterocycles. The van der Waals surface area contributed by atoms with Gasteiger partial charge in [-0.15, -0.1) is 0 Å². The summed E-state index contributed by atoms with van der Waals surface area (Å²) in [4.78, 5) is 13.5. The lowest BCUT2D eigenvalue weighted by atomic mass is 10.3. The molecule has 1 rings (SSSR count). The molecule has 0 radical (unpaired) electrons. The van der Waals surface area contributed by atoms with Crippen molar-refractivity contribution in [3.63, 3.8) is 0 Å². The predicted molar refractivity (Wildman–Crippen MR) is 40.1 cm³/mol. The monoisotopic (exact) mass is 140 g/mol. The van der Waals surface area contributed by atoms with Crippen molar-refractivity contribution < 1.29 is 0 Å². The third-order valence-electron chi connectivity index (χ3n) is 1.74. The van der Waals surface area contributed by atoms with E-state index in [2.05, 4.69) is 11.9 Å². The average molecular weight is 140 g/mol. The van der Waals surface area contributed by atoms with Crippen LogP contribution in [-0.4, -0.2) is 9.55 Å². The van der Waals surface area contributed by atoms with Crippen molar-refractivity contribution >= 4 is 0 Å². The second-order valence-corrected chi connectivity index (χ2v) is 2.43. The summed E-state index contributed by atoms with van der Waals surface area (Å²) in [5, 5.41) is 0. The maximum Gasteiger partial charge on any atom is 0.325 e. The van der Waals surface area contributed by atoms with Gasteiger partial charge >= 0.3 is 5.69 Å². The van der Waals surface area contributed by atoms with Crippen LogP contribution in [0, 0.1) is 0 Å². The molecule has 0 aliphatic carbocycles. The zero-order valence-electron chi connectivity index (χ0n) is 6.29. The minimum atomic E-state index is -0.0191. The van der Waals surface area contributed by atoms with E-state index in [4.69, 9.17) is 0 Å². The van der Waals surface area contributed by atoms with Gasteiger partial charge in [0.1, 0.15) is 0 Å². The highest BCUT2D eigenvalue weighted by Gasteiger charge is 2.01. The van der Waals surface area contributed by atoms with E-state index in [1.165, 1.54) is 0 Å². The molecule has 10 heavy (non-hydrogen) atoms. The fraction of sp³-hybridized carbons (Fsp3) is 0.571. The molecule has 1 aromatic heterocycles. The molecule has 1 heterocycles. The normalized spacial score (nSPS) is 13.4.